The molecule has 0 radical (unpaired) electrons. The van der Waals surface area contributed by atoms with Crippen LogP contribution in [0.5, 0.6) is 0 Å². The molecule has 1 aromatic heterocycles. The Morgan fingerprint density at radius 1 is 1.12 bits per heavy atom. The Balaban J connectivity index is 1.42. The summed E-state index contributed by atoms with van der Waals surface area (Å²) in [4.78, 5) is 34.7. The van der Waals surface area contributed by atoms with Gasteiger partial charge in [-0.1, -0.05) is 49.6 Å². The van der Waals surface area contributed by atoms with Crippen LogP contribution in [0.25, 0.3) is 10.1 Å². The molecule has 178 valence electrons. The third-order valence-corrected chi connectivity index (χ3v) is 9.90. The molecule has 2 aliphatic heterocycles. The van der Waals surface area contributed by atoms with Gasteiger partial charge in [-0.2, -0.15) is 0 Å². The maximum absolute atomic E-state index is 14.0. The molecule has 1 saturated carbocycles. The van der Waals surface area contributed by atoms with E-state index in [2.05, 4.69) is 11.8 Å². The van der Waals surface area contributed by atoms with Crippen molar-refractivity contribution in [3.05, 3.63) is 34.2 Å². The average Bonchev–Trinajstić information content (AvgIpc) is 3.41. The van der Waals surface area contributed by atoms with Gasteiger partial charge in [0.1, 0.15) is 10.9 Å². The molecule has 3 aliphatic rings. The predicted molar refractivity (Wildman–Crippen MR) is 135 cm³/mol. The van der Waals surface area contributed by atoms with Crippen molar-refractivity contribution in [2.45, 2.75) is 70.0 Å². The van der Waals surface area contributed by atoms with Gasteiger partial charge in [-0.25, -0.2) is 0 Å². The highest BCUT2D eigenvalue weighted by Crippen LogP contribution is 2.44. The van der Waals surface area contributed by atoms with E-state index in [4.69, 9.17) is 11.6 Å². The third-order valence-electron chi connectivity index (χ3n) is 8.24. The molecule has 1 aromatic carbocycles. The number of hydrogen-bond acceptors (Lipinski definition) is 4. The van der Waals surface area contributed by atoms with Crippen molar-refractivity contribution in [1.82, 2.24) is 14.7 Å². The van der Waals surface area contributed by atoms with E-state index in [9.17, 15) is 9.59 Å². The number of carbonyl (C=O) groups excluding carboxylic acids is 2. The zero-order valence-electron chi connectivity index (χ0n) is 19.6. The van der Waals surface area contributed by atoms with Crippen molar-refractivity contribution in [1.29, 1.82) is 0 Å². The molecule has 3 atom stereocenters. The van der Waals surface area contributed by atoms with Crippen molar-refractivity contribution >= 4 is 44.8 Å². The minimum atomic E-state index is -0.374. The first-order valence-corrected chi connectivity index (χ1v) is 13.7. The van der Waals surface area contributed by atoms with Crippen molar-refractivity contribution in [2.75, 3.05) is 26.7 Å². The number of benzene rings is 1. The van der Waals surface area contributed by atoms with Gasteiger partial charge in [0, 0.05) is 42.3 Å². The zero-order chi connectivity index (χ0) is 23.1. The van der Waals surface area contributed by atoms with E-state index in [1.165, 1.54) is 17.8 Å². The maximum atomic E-state index is 14.0. The highest BCUT2D eigenvalue weighted by molar-refractivity contribution is 7.21. The van der Waals surface area contributed by atoms with Crippen LogP contribution in [0.3, 0.4) is 0 Å². The lowest BCUT2D eigenvalue weighted by Crippen LogP contribution is -2.53. The number of fused-ring (bicyclic) bond motifs is 2. The van der Waals surface area contributed by atoms with E-state index in [-0.39, 0.29) is 29.9 Å². The molecular weight excluding hydrogens is 454 g/mol. The second-order valence-electron chi connectivity index (χ2n) is 9.93. The molecule has 2 aromatic rings. The maximum Gasteiger partial charge on any atom is 0.266 e. The first-order chi connectivity index (χ1) is 16.0. The van der Waals surface area contributed by atoms with Crippen LogP contribution < -0.4 is 0 Å². The van der Waals surface area contributed by atoms with Crippen molar-refractivity contribution in [3.63, 3.8) is 0 Å². The Morgan fingerprint density at radius 2 is 1.85 bits per heavy atom. The largest absolute Gasteiger partial charge is 0.341 e. The summed E-state index contributed by atoms with van der Waals surface area (Å²) in [6, 6.07) is 7.94. The van der Waals surface area contributed by atoms with Gasteiger partial charge >= 0.3 is 0 Å². The number of hydrogen-bond donors (Lipinski definition) is 0. The van der Waals surface area contributed by atoms with Gasteiger partial charge in [0.15, 0.2) is 0 Å². The monoisotopic (exact) mass is 487 g/mol. The molecule has 3 fully saturated rings. The number of likely N-dealkylation sites (tertiary alicyclic amines) is 2. The lowest BCUT2D eigenvalue weighted by Gasteiger charge is -2.39. The first-order valence-electron chi connectivity index (χ1n) is 12.5. The first kappa shape index (κ1) is 23.1. The van der Waals surface area contributed by atoms with Crippen LogP contribution in [0.1, 0.15) is 61.5 Å². The van der Waals surface area contributed by atoms with E-state index >= 15 is 0 Å². The van der Waals surface area contributed by atoms with E-state index in [1.807, 2.05) is 41.1 Å². The summed E-state index contributed by atoms with van der Waals surface area (Å²) in [6.07, 6.45) is 7.21. The summed E-state index contributed by atoms with van der Waals surface area (Å²) in [5, 5.41) is 1.46. The number of rotatable bonds is 4. The number of likely N-dealkylation sites (N-methyl/N-ethyl adjacent to an activating group) is 1. The average molecular weight is 488 g/mol. The molecule has 2 saturated heterocycles. The number of halogens is 1. The summed E-state index contributed by atoms with van der Waals surface area (Å²) in [5.74, 6) is 0.480. The second kappa shape index (κ2) is 9.55. The SMILES string of the molecule is CCN1CCC(N(C)C(=O)[C@@H]2C[C@H]3CCCC[C@H]3N2C(=O)c2sc3ccccc3c2Cl)CC1. The normalized spacial score (nSPS) is 26.5. The fraction of sp³-hybridized carbons (Fsp3) is 0.615. The van der Waals surface area contributed by atoms with Crippen LogP contribution in [0.2, 0.25) is 5.02 Å². The van der Waals surface area contributed by atoms with Gasteiger partial charge in [0.2, 0.25) is 5.91 Å². The highest BCUT2D eigenvalue weighted by atomic mass is 35.5. The molecule has 0 spiro atoms. The molecule has 7 heteroatoms. The van der Waals surface area contributed by atoms with E-state index < -0.39 is 0 Å². The Labute approximate surface area is 205 Å². The molecule has 0 bridgehead atoms. The smallest absolute Gasteiger partial charge is 0.266 e. The molecule has 3 heterocycles. The van der Waals surface area contributed by atoms with Gasteiger partial charge in [-0.05, 0) is 50.6 Å². The molecule has 0 unspecified atom stereocenters. The summed E-state index contributed by atoms with van der Waals surface area (Å²) in [6.45, 7) is 5.33. The predicted octanol–water partition coefficient (Wildman–Crippen LogP) is 5.27. The van der Waals surface area contributed by atoms with Crippen molar-refractivity contribution in [2.24, 2.45) is 5.92 Å². The standard InChI is InChI=1S/C26H34ClN3O2S/c1-3-29-14-12-18(13-15-29)28(2)25(31)21-16-17-8-4-6-10-20(17)30(21)26(32)24-23(27)19-9-5-7-11-22(19)33-24/h5,7,9,11,17-18,20-21H,3-4,6,8,10,12-16H2,1-2H3/t17-,20-,21+/m1/s1. The number of nitrogens with zero attached hydrogens (tertiary/aromatic N) is 3. The van der Waals surface area contributed by atoms with E-state index in [1.54, 1.807) is 0 Å². The van der Waals surface area contributed by atoms with Crippen LogP contribution in [-0.2, 0) is 4.79 Å². The summed E-state index contributed by atoms with van der Waals surface area (Å²) < 4.78 is 1.02. The van der Waals surface area contributed by atoms with E-state index in [0.29, 0.717) is 15.8 Å². The topological polar surface area (TPSA) is 43.9 Å². The molecule has 5 rings (SSSR count). The quantitative estimate of drug-likeness (QED) is 0.590. The van der Waals surface area contributed by atoms with Gasteiger partial charge < -0.3 is 14.7 Å². The Kier molecular flexibility index (Phi) is 6.69. The lowest BCUT2D eigenvalue weighted by molar-refractivity contribution is -0.137. The van der Waals surface area contributed by atoms with Crippen LogP contribution in [0.15, 0.2) is 24.3 Å². The van der Waals surface area contributed by atoms with Gasteiger partial charge in [0.25, 0.3) is 5.91 Å². The molecule has 1 aliphatic carbocycles. The minimum absolute atomic E-state index is 0.0526. The number of thiophene rings is 1. The Morgan fingerprint density at radius 3 is 2.58 bits per heavy atom. The Bertz CT molecular complexity index is 1030. The lowest BCUT2D eigenvalue weighted by atomic mass is 9.84. The fourth-order valence-corrected chi connectivity index (χ4v) is 7.74. The van der Waals surface area contributed by atoms with Gasteiger partial charge in [0.05, 0.1) is 5.02 Å². The van der Waals surface area contributed by atoms with Gasteiger partial charge in [-0.15, -0.1) is 11.3 Å². The third kappa shape index (κ3) is 4.19. The van der Waals surface area contributed by atoms with Crippen molar-refractivity contribution in [3.8, 4) is 0 Å². The van der Waals surface area contributed by atoms with Crippen LogP contribution >= 0.6 is 22.9 Å². The summed E-state index contributed by atoms with van der Waals surface area (Å²) in [7, 11) is 1.95. The van der Waals surface area contributed by atoms with Gasteiger partial charge in [-0.3, -0.25) is 9.59 Å². The minimum Gasteiger partial charge on any atom is -0.341 e. The molecule has 33 heavy (non-hydrogen) atoms. The van der Waals surface area contributed by atoms with Crippen LogP contribution in [-0.4, -0.2) is 71.3 Å². The van der Waals surface area contributed by atoms with E-state index in [0.717, 1.165) is 68.2 Å². The van der Waals surface area contributed by atoms with Crippen LogP contribution in [0, 0.1) is 5.92 Å². The zero-order valence-corrected chi connectivity index (χ0v) is 21.2. The fourth-order valence-electron chi connectivity index (χ4n) is 6.28. The molecule has 5 nitrogen and oxygen atoms in total. The molecule has 2 amide bonds. The highest BCUT2D eigenvalue weighted by Gasteiger charge is 2.49. The molecule has 0 N–H and O–H groups in total. The number of piperidine rings is 1. The molecular formula is C26H34ClN3O2S. The summed E-state index contributed by atoms with van der Waals surface area (Å²) in [5.41, 5.74) is 0. The second-order valence-corrected chi connectivity index (χ2v) is 11.4. The number of carbonyl (C=O) groups is 2. The van der Waals surface area contributed by atoms with Crippen molar-refractivity contribution < 1.29 is 9.59 Å². The van der Waals surface area contributed by atoms with Crippen LogP contribution in [0.4, 0.5) is 0 Å². The Hall–Kier alpha value is -1.63. The summed E-state index contributed by atoms with van der Waals surface area (Å²) >= 11 is 8.17. The number of amides is 2.